The smallest absolute Gasteiger partial charge is 0.127 e. The maximum atomic E-state index is 10.8. The molecule has 0 unspecified atom stereocenters. The van der Waals surface area contributed by atoms with Gasteiger partial charge in [0.2, 0.25) is 0 Å². The number of benzene rings is 2. The maximum Gasteiger partial charge on any atom is 0.127 e. The predicted molar refractivity (Wildman–Crippen MR) is 124 cm³/mol. The minimum atomic E-state index is -2.11. The second kappa shape index (κ2) is 8.38. The molecule has 1 nitrogen and oxygen atoms in total. The molecular weight excluding hydrogens is 356 g/mol. The highest BCUT2D eigenvalue weighted by Crippen LogP contribution is 2.44. The fraction of sp³-hybridized carbons (Fsp3) is 0.462. The Labute approximate surface area is 172 Å². The standard InChI is InChI=1S/C26H36OSi/c1-6-21-17-20(2)22(18-25(21)27)19-28(26(3,4)5,23-13-9-7-10-14-23)24-15-11-8-12-16-24/h7-16,21,25,27H,6,17-19H2,1-5H3/t21-,25-/m0/s1. The molecule has 2 atom stereocenters. The maximum absolute atomic E-state index is 10.8. The van der Waals surface area contributed by atoms with Crippen LogP contribution in [0.5, 0.6) is 0 Å². The molecule has 28 heavy (non-hydrogen) atoms. The zero-order valence-electron chi connectivity index (χ0n) is 18.2. The van der Waals surface area contributed by atoms with E-state index in [1.807, 2.05) is 0 Å². The topological polar surface area (TPSA) is 20.2 Å². The number of allylic oxidation sites excluding steroid dienone is 1. The van der Waals surface area contributed by atoms with Crippen LogP contribution in [0.1, 0.15) is 53.9 Å². The van der Waals surface area contributed by atoms with E-state index in [1.54, 1.807) is 0 Å². The van der Waals surface area contributed by atoms with Gasteiger partial charge in [0.25, 0.3) is 0 Å². The molecule has 3 rings (SSSR count). The molecule has 0 bridgehead atoms. The third-order valence-electron chi connectivity index (χ3n) is 6.99. The Balaban J connectivity index is 2.17. The highest BCUT2D eigenvalue weighted by molar-refractivity contribution is 7.04. The molecule has 0 saturated carbocycles. The predicted octanol–water partition coefficient (Wildman–Crippen LogP) is 5.55. The van der Waals surface area contributed by atoms with Crippen molar-refractivity contribution in [1.29, 1.82) is 0 Å². The fourth-order valence-electron chi connectivity index (χ4n) is 5.17. The van der Waals surface area contributed by atoms with E-state index in [-0.39, 0.29) is 11.1 Å². The minimum Gasteiger partial charge on any atom is -0.392 e. The van der Waals surface area contributed by atoms with Gasteiger partial charge in [-0.05, 0) is 36.8 Å². The van der Waals surface area contributed by atoms with Crippen molar-refractivity contribution in [3.63, 3.8) is 0 Å². The third-order valence-corrected chi connectivity index (χ3v) is 13.1. The molecule has 2 heteroatoms. The summed E-state index contributed by atoms with van der Waals surface area (Å²) >= 11 is 0. The Morgan fingerprint density at radius 2 is 1.39 bits per heavy atom. The van der Waals surface area contributed by atoms with E-state index in [9.17, 15) is 5.11 Å². The van der Waals surface area contributed by atoms with Gasteiger partial charge in [-0.15, -0.1) is 0 Å². The van der Waals surface area contributed by atoms with Gasteiger partial charge in [-0.3, -0.25) is 0 Å². The van der Waals surface area contributed by atoms with Gasteiger partial charge in [-0.2, -0.15) is 0 Å². The molecule has 2 aromatic carbocycles. The van der Waals surface area contributed by atoms with Gasteiger partial charge in [0.15, 0.2) is 0 Å². The third kappa shape index (κ3) is 3.90. The summed E-state index contributed by atoms with van der Waals surface area (Å²) in [6, 6.07) is 23.5. The van der Waals surface area contributed by atoms with Crippen LogP contribution >= 0.6 is 0 Å². The van der Waals surface area contributed by atoms with Crippen LogP contribution in [0.25, 0.3) is 0 Å². The van der Waals surface area contributed by atoms with Gasteiger partial charge >= 0.3 is 0 Å². The molecule has 0 amide bonds. The van der Waals surface area contributed by atoms with Crippen LogP contribution in [0, 0.1) is 5.92 Å². The molecule has 1 aliphatic rings. The van der Waals surface area contributed by atoms with Crippen LogP contribution in [0.15, 0.2) is 71.8 Å². The molecule has 1 aliphatic carbocycles. The van der Waals surface area contributed by atoms with Crippen molar-refractivity contribution in [1.82, 2.24) is 0 Å². The fourth-order valence-corrected chi connectivity index (χ4v) is 10.8. The molecule has 0 heterocycles. The van der Waals surface area contributed by atoms with Crippen LogP contribution in [0.4, 0.5) is 0 Å². The van der Waals surface area contributed by atoms with E-state index in [1.165, 1.54) is 21.5 Å². The van der Waals surface area contributed by atoms with Gasteiger partial charge < -0.3 is 5.11 Å². The van der Waals surface area contributed by atoms with E-state index < -0.39 is 8.07 Å². The SMILES string of the molecule is CC[C@H]1CC(C)=C(C[Si](c2ccccc2)(c2ccccc2)C(C)(C)C)C[C@@H]1O. The van der Waals surface area contributed by atoms with Crippen LogP contribution in [0.3, 0.4) is 0 Å². The molecule has 150 valence electrons. The second-order valence-electron chi connectivity index (χ2n) is 9.59. The highest BCUT2D eigenvalue weighted by Gasteiger charge is 2.48. The summed E-state index contributed by atoms with van der Waals surface area (Å²) in [5.41, 5.74) is 3.02. The Hall–Kier alpha value is -1.64. The molecule has 0 radical (unpaired) electrons. The van der Waals surface area contributed by atoms with Gasteiger partial charge in [0, 0.05) is 0 Å². The molecule has 1 N–H and O–H groups in total. The average molecular weight is 393 g/mol. The normalized spacial score (nSPS) is 21.1. The molecule has 2 aromatic rings. The summed E-state index contributed by atoms with van der Waals surface area (Å²) in [6.45, 7) is 11.8. The van der Waals surface area contributed by atoms with Gasteiger partial charge in [-0.1, -0.05) is 116 Å². The first-order valence-corrected chi connectivity index (χ1v) is 13.0. The van der Waals surface area contributed by atoms with E-state index in [0.29, 0.717) is 5.92 Å². The lowest BCUT2D eigenvalue weighted by atomic mass is 9.81. The second-order valence-corrected chi connectivity index (χ2v) is 14.4. The Morgan fingerprint density at radius 1 is 0.893 bits per heavy atom. The van der Waals surface area contributed by atoms with E-state index >= 15 is 0 Å². The van der Waals surface area contributed by atoms with Crippen LogP contribution in [0.2, 0.25) is 11.1 Å². The Bertz CT molecular complexity index is 762. The lowest BCUT2D eigenvalue weighted by Crippen LogP contribution is -2.64. The zero-order valence-corrected chi connectivity index (χ0v) is 19.2. The van der Waals surface area contributed by atoms with Gasteiger partial charge in [0.05, 0.1) is 6.10 Å². The van der Waals surface area contributed by atoms with Crippen molar-refractivity contribution in [3.8, 4) is 0 Å². The van der Waals surface area contributed by atoms with Crippen molar-refractivity contribution in [2.75, 3.05) is 0 Å². The first kappa shape index (κ1) is 21.1. The number of aliphatic hydroxyl groups is 1. The monoisotopic (exact) mass is 392 g/mol. The summed E-state index contributed by atoms with van der Waals surface area (Å²) in [5.74, 6) is 0.419. The summed E-state index contributed by atoms with van der Waals surface area (Å²) in [4.78, 5) is 0. The number of hydrogen-bond acceptors (Lipinski definition) is 1. The summed E-state index contributed by atoms with van der Waals surface area (Å²) in [7, 11) is -2.11. The lowest BCUT2D eigenvalue weighted by Gasteiger charge is -2.46. The van der Waals surface area contributed by atoms with E-state index in [2.05, 4.69) is 95.3 Å². The number of aliphatic hydroxyl groups excluding tert-OH is 1. The minimum absolute atomic E-state index is 0.162. The van der Waals surface area contributed by atoms with Gasteiger partial charge in [0.1, 0.15) is 8.07 Å². The first-order chi connectivity index (χ1) is 13.3. The van der Waals surface area contributed by atoms with Crippen molar-refractivity contribution in [2.24, 2.45) is 5.92 Å². The summed E-state index contributed by atoms with van der Waals surface area (Å²) < 4.78 is 0. The molecule has 0 aliphatic heterocycles. The first-order valence-electron chi connectivity index (χ1n) is 10.8. The number of rotatable bonds is 5. The number of hydrogen-bond donors (Lipinski definition) is 1. The lowest BCUT2D eigenvalue weighted by molar-refractivity contribution is 0.0973. The van der Waals surface area contributed by atoms with Crippen molar-refractivity contribution < 1.29 is 5.11 Å². The van der Waals surface area contributed by atoms with Crippen LogP contribution < -0.4 is 10.4 Å². The van der Waals surface area contributed by atoms with Crippen molar-refractivity contribution in [3.05, 3.63) is 71.8 Å². The van der Waals surface area contributed by atoms with Crippen molar-refractivity contribution >= 4 is 18.4 Å². The highest BCUT2D eigenvalue weighted by atomic mass is 28.3. The molecule has 0 aromatic heterocycles. The summed E-state index contributed by atoms with van der Waals surface area (Å²) in [5, 5.41) is 13.9. The Kier molecular flexibility index (Phi) is 6.31. The zero-order chi connectivity index (χ0) is 20.4. The van der Waals surface area contributed by atoms with E-state index in [0.717, 1.165) is 25.3 Å². The van der Waals surface area contributed by atoms with Crippen molar-refractivity contribution in [2.45, 2.75) is 71.1 Å². The Morgan fingerprint density at radius 3 is 1.82 bits per heavy atom. The molecule has 0 fully saturated rings. The largest absolute Gasteiger partial charge is 0.392 e. The molecule has 0 spiro atoms. The van der Waals surface area contributed by atoms with Crippen LogP contribution in [-0.2, 0) is 0 Å². The molecular formula is C26H36OSi. The van der Waals surface area contributed by atoms with Gasteiger partial charge in [-0.25, -0.2) is 0 Å². The quantitative estimate of drug-likeness (QED) is 0.523. The summed E-state index contributed by atoms with van der Waals surface area (Å²) in [6.07, 6.45) is 2.76. The van der Waals surface area contributed by atoms with E-state index in [4.69, 9.17) is 0 Å². The molecule has 0 saturated heterocycles. The van der Waals surface area contributed by atoms with Crippen LogP contribution in [-0.4, -0.2) is 19.3 Å². The average Bonchev–Trinajstić information content (AvgIpc) is 2.68.